The number of hydrogen-bond acceptors (Lipinski definition) is 2. The van der Waals surface area contributed by atoms with Gasteiger partial charge in [-0.15, -0.1) is 0 Å². The predicted octanol–water partition coefficient (Wildman–Crippen LogP) is 3.38. The van der Waals surface area contributed by atoms with Crippen LogP contribution in [0.2, 0.25) is 0 Å². The molecule has 0 amide bonds. The second kappa shape index (κ2) is 4.23. The average molecular weight is 232 g/mol. The Morgan fingerprint density at radius 2 is 1.81 bits per heavy atom. The molecule has 0 aromatic heterocycles. The number of halogens is 3. The van der Waals surface area contributed by atoms with Gasteiger partial charge in [-0.3, -0.25) is 0 Å². The fraction of sp³-hybridized carbons (Fsp3) is 0.455. The van der Waals surface area contributed by atoms with Crippen molar-refractivity contribution in [2.24, 2.45) is 0 Å². The Morgan fingerprint density at radius 3 is 2.25 bits per heavy atom. The van der Waals surface area contributed by atoms with Crippen LogP contribution >= 0.6 is 0 Å². The lowest BCUT2D eigenvalue weighted by Gasteiger charge is -2.19. The van der Waals surface area contributed by atoms with Gasteiger partial charge < -0.3 is 11.5 Å². The summed E-state index contributed by atoms with van der Waals surface area (Å²) in [5.74, 6) is -0.220. The van der Waals surface area contributed by atoms with Crippen LogP contribution in [0.4, 0.5) is 24.5 Å². The highest BCUT2D eigenvalue weighted by molar-refractivity contribution is 5.62. The Labute approximate surface area is 92.4 Å². The summed E-state index contributed by atoms with van der Waals surface area (Å²) in [5, 5.41) is 0. The molecular formula is C11H15F3N2. The molecule has 0 saturated carbocycles. The number of rotatable bonds is 2. The molecule has 0 heterocycles. The molecule has 2 nitrogen and oxygen atoms in total. The Morgan fingerprint density at radius 1 is 1.25 bits per heavy atom. The Balaban J connectivity index is 3.44. The molecule has 0 fully saturated rings. The molecule has 0 aliphatic carbocycles. The number of anilines is 2. The van der Waals surface area contributed by atoms with E-state index in [1.165, 1.54) is 6.07 Å². The van der Waals surface area contributed by atoms with Crippen LogP contribution in [0.1, 0.15) is 37.3 Å². The van der Waals surface area contributed by atoms with E-state index in [-0.39, 0.29) is 22.9 Å². The average Bonchev–Trinajstić information content (AvgIpc) is 2.12. The highest BCUT2D eigenvalue weighted by atomic mass is 19.4. The van der Waals surface area contributed by atoms with Crippen molar-refractivity contribution in [1.29, 1.82) is 0 Å². The lowest BCUT2D eigenvalue weighted by atomic mass is 9.92. The van der Waals surface area contributed by atoms with Gasteiger partial charge in [0.1, 0.15) is 0 Å². The molecule has 1 aromatic rings. The second-order valence-electron chi connectivity index (χ2n) is 3.88. The molecule has 0 aliphatic rings. The van der Waals surface area contributed by atoms with Crippen LogP contribution in [0.3, 0.4) is 0 Å². The summed E-state index contributed by atoms with van der Waals surface area (Å²) in [6.45, 7) is 3.55. The molecule has 5 heteroatoms. The standard InChI is InChI=1S/C11H15F3N2/c1-3-6(2)8-4-7(15)5-9(16)10(8)11(12,13)14/h4-6H,3,15-16H2,1-2H3. The fourth-order valence-electron chi connectivity index (χ4n) is 1.65. The van der Waals surface area contributed by atoms with Gasteiger partial charge in [-0.1, -0.05) is 13.8 Å². The highest BCUT2D eigenvalue weighted by Gasteiger charge is 2.36. The van der Waals surface area contributed by atoms with Crippen molar-refractivity contribution in [3.8, 4) is 0 Å². The Hall–Kier alpha value is -1.39. The van der Waals surface area contributed by atoms with Crippen molar-refractivity contribution in [2.45, 2.75) is 32.4 Å². The van der Waals surface area contributed by atoms with Gasteiger partial charge in [0.15, 0.2) is 0 Å². The predicted molar refractivity (Wildman–Crippen MR) is 59.0 cm³/mol. The normalized spacial score (nSPS) is 13.8. The molecule has 0 spiro atoms. The molecule has 0 saturated heterocycles. The van der Waals surface area contributed by atoms with Crippen LogP contribution < -0.4 is 11.5 Å². The summed E-state index contributed by atoms with van der Waals surface area (Å²) in [4.78, 5) is 0. The molecule has 90 valence electrons. The summed E-state index contributed by atoms with van der Waals surface area (Å²) >= 11 is 0. The van der Waals surface area contributed by atoms with Crippen molar-refractivity contribution in [3.63, 3.8) is 0 Å². The quantitative estimate of drug-likeness (QED) is 0.768. The summed E-state index contributed by atoms with van der Waals surface area (Å²) in [6.07, 6.45) is -3.83. The van der Waals surface area contributed by atoms with Gasteiger partial charge in [-0.05, 0) is 30.0 Å². The van der Waals surface area contributed by atoms with E-state index in [1.807, 2.05) is 6.92 Å². The molecule has 0 radical (unpaired) electrons. The third kappa shape index (κ3) is 2.40. The van der Waals surface area contributed by atoms with Crippen molar-refractivity contribution in [3.05, 3.63) is 23.3 Å². The van der Waals surface area contributed by atoms with E-state index in [9.17, 15) is 13.2 Å². The van der Waals surface area contributed by atoms with Gasteiger partial charge in [-0.25, -0.2) is 0 Å². The maximum Gasteiger partial charge on any atom is 0.418 e. The monoisotopic (exact) mass is 232 g/mol. The topological polar surface area (TPSA) is 52.0 Å². The van der Waals surface area contributed by atoms with Crippen molar-refractivity contribution in [2.75, 3.05) is 11.5 Å². The van der Waals surface area contributed by atoms with E-state index in [4.69, 9.17) is 11.5 Å². The maximum absolute atomic E-state index is 12.8. The van der Waals surface area contributed by atoms with Gasteiger partial charge >= 0.3 is 6.18 Å². The first-order valence-corrected chi connectivity index (χ1v) is 5.03. The van der Waals surface area contributed by atoms with Gasteiger partial charge in [0.25, 0.3) is 0 Å². The minimum absolute atomic E-state index is 0.174. The SMILES string of the molecule is CCC(C)c1cc(N)cc(N)c1C(F)(F)F. The number of hydrogen-bond donors (Lipinski definition) is 2. The molecule has 0 aliphatic heterocycles. The van der Waals surface area contributed by atoms with E-state index in [1.54, 1.807) is 6.92 Å². The first kappa shape index (κ1) is 12.7. The molecule has 16 heavy (non-hydrogen) atoms. The molecule has 4 N–H and O–H groups in total. The molecular weight excluding hydrogens is 217 g/mol. The van der Waals surface area contributed by atoms with Crippen LogP contribution in [0.5, 0.6) is 0 Å². The number of benzene rings is 1. The minimum Gasteiger partial charge on any atom is -0.399 e. The molecule has 1 rings (SSSR count). The van der Waals surface area contributed by atoms with Crippen molar-refractivity contribution in [1.82, 2.24) is 0 Å². The van der Waals surface area contributed by atoms with Gasteiger partial charge in [0.2, 0.25) is 0 Å². The molecule has 0 bridgehead atoms. The number of alkyl halides is 3. The second-order valence-corrected chi connectivity index (χ2v) is 3.88. The van der Waals surface area contributed by atoms with E-state index in [2.05, 4.69) is 0 Å². The smallest absolute Gasteiger partial charge is 0.399 e. The Kier molecular flexibility index (Phi) is 3.35. The zero-order valence-electron chi connectivity index (χ0n) is 9.23. The van der Waals surface area contributed by atoms with E-state index in [0.717, 1.165) is 6.07 Å². The first-order valence-electron chi connectivity index (χ1n) is 5.03. The fourth-order valence-corrected chi connectivity index (χ4v) is 1.65. The summed E-state index contributed by atoms with van der Waals surface area (Å²) < 4.78 is 38.5. The molecule has 1 aromatic carbocycles. The third-order valence-electron chi connectivity index (χ3n) is 2.65. The lowest BCUT2D eigenvalue weighted by Crippen LogP contribution is -2.14. The van der Waals surface area contributed by atoms with E-state index in [0.29, 0.717) is 6.42 Å². The number of nitrogen functional groups attached to an aromatic ring is 2. The number of nitrogens with two attached hydrogens (primary N) is 2. The van der Waals surface area contributed by atoms with Crippen LogP contribution in [0.25, 0.3) is 0 Å². The van der Waals surface area contributed by atoms with Gasteiger partial charge in [-0.2, -0.15) is 13.2 Å². The zero-order valence-corrected chi connectivity index (χ0v) is 9.23. The third-order valence-corrected chi connectivity index (χ3v) is 2.65. The first-order chi connectivity index (χ1) is 7.27. The van der Waals surface area contributed by atoms with E-state index >= 15 is 0 Å². The largest absolute Gasteiger partial charge is 0.418 e. The summed E-state index contributed by atoms with van der Waals surface area (Å²) in [7, 11) is 0. The van der Waals surface area contributed by atoms with Crippen LogP contribution in [0, 0.1) is 0 Å². The molecule has 1 unspecified atom stereocenters. The summed E-state index contributed by atoms with van der Waals surface area (Å²) in [5.41, 5.74) is 10.3. The lowest BCUT2D eigenvalue weighted by molar-refractivity contribution is -0.137. The van der Waals surface area contributed by atoms with Crippen LogP contribution in [-0.4, -0.2) is 0 Å². The highest BCUT2D eigenvalue weighted by Crippen LogP contribution is 2.40. The van der Waals surface area contributed by atoms with Crippen LogP contribution in [-0.2, 0) is 6.18 Å². The van der Waals surface area contributed by atoms with Crippen LogP contribution in [0.15, 0.2) is 12.1 Å². The van der Waals surface area contributed by atoms with Crippen molar-refractivity contribution >= 4 is 11.4 Å². The maximum atomic E-state index is 12.8. The van der Waals surface area contributed by atoms with Gasteiger partial charge in [0, 0.05) is 11.4 Å². The van der Waals surface area contributed by atoms with Crippen molar-refractivity contribution < 1.29 is 13.2 Å². The Bertz CT molecular complexity index is 386. The van der Waals surface area contributed by atoms with E-state index < -0.39 is 11.7 Å². The molecule has 1 atom stereocenters. The minimum atomic E-state index is -4.43. The summed E-state index contributed by atoms with van der Waals surface area (Å²) in [6, 6.07) is 2.50. The van der Waals surface area contributed by atoms with Gasteiger partial charge in [0.05, 0.1) is 5.56 Å². The zero-order chi connectivity index (χ0) is 12.5.